The van der Waals surface area contributed by atoms with Gasteiger partial charge in [0.2, 0.25) is 5.90 Å². The summed E-state index contributed by atoms with van der Waals surface area (Å²) in [5.74, 6) is 0.620. The van der Waals surface area contributed by atoms with Crippen LogP contribution in [0.25, 0.3) is 0 Å². The largest absolute Gasteiger partial charge is 0.473 e. The van der Waals surface area contributed by atoms with Crippen molar-refractivity contribution in [1.82, 2.24) is 9.78 Å². The molecule has 1 aromatic carbocycles. The summed E-state index contributed by atoms with van der Waals surface area (Å²) in [4.78, 5) is 4.46. The number of hydrogen-bond acceptors (Lipinski definition) is 4. The average molecular weight is 238 g/mol. The topological polar surface area (TPSA) is 63.2 Å². The minimum absolute atomic E-state index is 0.192. The summed E-state index contributed by atoms with van der Waals surface area (Å²) in [6.07, 6.45) is 3.00. The Kier molecular flexibility index (Phi) is 2.54. The van der Waals surface area contributed by atoms with Gasteiger partial charge in [-0.2, -0.15) is 10.4 Å². The van der Waals surface area contributed by atoms with Crippen molar-refractivity contribution in [2.24, 2.45) is 4.99 Å². The fraction of sp³-hybridized carbons (Fsp3) is 0.154. The quantitative estimate of drug-likeness (QED) is 0.800. The van der Waals surface area contributed by atoms with E-state index in [4.69, 9.17) is 10.00 Å². The van der Waals surface area contributed by atoms with Crippen molar-refractivity contribution in [3.63, 3.8) is 0 Å². The number of benzene rings is 1. The van der Waals surface area contributed by atoms with Crippen LogP contribution in [0.1, 0.15) is 17.3 Å². The highest BCUT2D eigenvalue weighted by Gasteiger charge is 2.21. The minimum atomic E-state index is -0.192. The number of aliphatic imine (C=N–C) groups is 1. The summed E-state index contributed by atoms with van der Waals surface area (Å²) in [6, 6.07) is 11.8. The molecule has 0 spiro atoms. The van der Waals surface area contributed by atoms with Gasteiger partial charge in [-0.3, -0.25) is 0 Å². The number of ether oxygens (including phenoxy) is 1. The molecule has 0 radical (unpaired) electrons. The smallest absolute Gasteiger partial charge is 0.218 e. The molecule has 0 bridgehead atoms. The second-order valence-electron chi connectivity index (χ2n) is 3.91. The Morgan fingerprint density at radius 1 is 1.33 bits per heavy atom. The summed E-state index contributed by atoms with van der Waals surface area (Å²) < 4.78 is 7.20. The molecule has 1 aromatic heterocycles. The van der Waals surface area contributed by atoms with E-state index in [2.05, 4.69) is 10.1 Å². The van der Waals surface area contributed by atoms with Crippen LogP contribution in [0.2, 0.25) is 0 Å². The van der Waals surface area contributed by atoms with Crippen molar-refractivity contribution in [3.05, 3.63) is 53.9 Å². The number of nitrogens with zero attached hydrogens (tertiary/aromatic N) is 4. The van der Waals surface area contributed by atoms with Crippen LogP contribution in [0, 0.1) is 11.3 Å². The first kappa shape index (κ1) is 10.5. The maximum Gasteiger partial charge on any atom is 0.218 e. The van der Waals surface area contributed by atoms with Gasteiger partial charge >= 0.3 is 0 Å². The van der Waals surface area contributed by atoms with Gasteiger partial charge in [0.25, 0.3) is 0 Å². The van der Waals surface area contributed by atoms with Crippen LogP contribution in [0.4, 0.5) is 0 Å². The van der Waals surface area contributed by atoms with Gasteiger partial charge < -0.3 is 4.74 Å². The van der Waals surface area contributed by atoms with Crippen LogP contribution in [0.15, 0.2) is 47.7 Å². The molecule has 1 aliphatic rings. The van der Waals surface area contributed by atoms with E-state index < -0.39 is 0 Å². The maximum atomic E-state index is 8.75. The molecule has 0 saturated carbocycles. The van der Waals surface area contributed by atoms with Crippen LogP contribution < -0.4 is 0 Å². The molecule has 1 atom stereocenters. The summed E-state index contributed by atoms with van der Waals surface area (Å²) in [7, 11) is 0. The van der Waals surface area contributed by atoms with E-state index in [0.29, 0.717) is 18.1 Å². The van der Waals surface area contributed by atoms with Gasteiger partial charge in [0, 0.05) is 11.8 Å². The number of rotatable bonds is 2. The monoisotopic (exact) mass is 238 g/mol. The van der Waals surface area contributed by atoms with Crippen molar-refractivity contribution in [1.29, 1.82) is 5.26 Å². The molecule has 0 amide bonds. The number of hydrogen-bond donors (Lipinski definition) is 0. The molecule has 0 N–H and O–H groups in total. The molecule has 2 aromatic rings. The van der Waals surface area contributed by atoms with Crippen molar-refractivity contribution in [3.8, 4) is 6.07 Å². The number of aromatic nitrogens is 2. The van der Waals surface area contributed by atoms with E-state index in [1.807, 2.05) is 36.4 Å². The lowest BCUT2D eigenvalue weighted by Gasteiger charge is -2.03. The summed E-state index contributed by atoms with van der Waals surface area (Å²) in [6.45, 7) is 0.441. The van der Waals surface area contributed by atoms with Crippen LogP contribution >= 0.6 is 0 Å². The lowest BCUT2D eigenvalue weighted by molar-refractivity contribution is 0.278. The molecule has 0 aliphatic carbocycles. The molecule has 0 fully saturated rings. The molecule has 88 valence electrons. The zero-order valence-electron chi connectivity index (χ0n) is 9.52. The van der Waals surface area contributed by atoms with Gasteiger partial charge in [-0.25, -0.2) is 9.67 Å². The van der Waals surface area contributed by atoms with Crippen LogP contribution in [-0.2, 0) is 4.74 Å². The second-order valence-corrected chi connectivity index (χ2v) is 3.91. The van der Waals surface area contributed by atoms with Crippen LogP contribution in [0.5, 0.6) is 0 Å². The zero-order chi connectivity index (χ0) is 12.4. The number of nitriles is 1. The Labute approximate surface area is 104 Å². The molecule has 1 unspecified atom stereocenters. The fourth-order valence-electron chi connectivity index (χ4n) is 1.80. The lowest BCUT2D eigenvalue weighted by atomic mass is 10.2. The Morgan fingerprint density at radius 3 is 2.89 bits per heavy atom. The molecular formula is C13H10N4O. The summed E-state index contributed by atoms with van der Waals surface area (Å²) in [5.41, 5.74) is 1.48. The molecule has 18 heavy (non-hydrogen) atoms. The first-order valence-electron chi connectivity index (χ1n) is 5.57. The average Bonchev–Trinajstić information content (AvgIpc) is 3.08. The third-order valence-corrected chi connectivity index (χ3v) is 2.69. The third-order valence-electron chi connectivity index (χ3n) is 2.69. The molecule has 1 aliphatic heterocycles. The normalized spacial score (nSPS) is 17.9. The van der Waals surface area contributed by atoms with Crippen LogP contribution in [-0.4, -0.2) is 22.3 Å². The van der Waals surface area contributed by atoms with Gasteiger partial charge in [0.15, 0.2) is 6.17 Å². The zero-order valence-corrected chi connectivity index (χ0v) is 9.52. The van der Waals surface area contributed by atoms with Gasteiger partial charge in [0.05, 0.1) is 11.8 Å². The van der Waals surface area contributed by atoms with Crippen molar-refractivity contribution >= 4 is 5.90 Å². The van der Waals surface area contributed by atoms with Gasteiger partial charge in [-0.1, -0.05) is 18.2 Å². The van der Waals surface area contributed by atoms with Gasteiger partial charge in [0.1, 0.15) is 12.7 Å². The van der Waals surface area contributed by atoms with Gasteiger partial charge in [-0.05, 0) is 12.1 Å². The van der Waals surface area contributed by atoms with E-state index >= 15 is 0 Å². The van der Waals surface area contributed by atoms with Crippen LogP contribution in [0.3, 0.4) is 0 Å². The first-order valence-corrected chi connectivity index (χ1v) is 5.57. The summed E-state index contributed by atoms with van der Waals surface area (Å²) in [5, 5.41) is 12.9. The van der Waals surface area contributed by atoms with Crippen molar-refractivity contribution in [2.75, 3.05) is 6.61 Å². The summed E-state index contributed by atoms with van der Waals surface area (Å²) >= 11 is 0. The Balaban J connectivity index is 1.86. The maximum absolute atomic E-state index is 8.75. The SMILES string of the molecule is N#Cc1cnn(C2COC(c3ccccc3)=N2)c1. The Bertz CT molecular complexity index is 624. The van der Waals surface area contributed by atoms with Crippen molar-refractivity contribution < 1.29 is 4.74 Å². The molecule has 3 rings (SSSR count). The van der Waals surface area contributed by atoms with E-state index in [-0.39, 0.29) is 6.17 Å². The minimum Gasteiger partial charge on any atom is -0.473 e. The van der Waals surface area contributed by atoms with Crippen molar-refractivity contribution in [2.45, 2.75) is 6.17 Å². The Morgan fingerprint density at radius 2 is 2.17 bits per heavy atom. The standard InChI is InChI=1S/C13H10N4O/c14-6-10-7-15-17(8-10)12-9-18-13(16-12)11-4-2-1-3-5-11/h1-5,7-8,12H,9H2. The highest BCUT2D eigenvalue weighted by atomic mass is 16.5. The van der Waals surface area contributed by atoms with E-state index in [9.17, 15) is 0 Å². The first-order chi connectivity index (χ1) is 8.86. The lowest BCUT2D eigenvalue weighted by Crippen LogP contribution is -2.08. The van der Waals surface area contributed by atoms with E-state index in [0.717, 1.165) is 5.56 Å². The molecule has 2 heterocycles. The molecule has 5 nitrogen and oxygen atoms in total. The predicted octanol–water partition coefficient (Wildman–Crippen LogP) is 1.73. The van der Waals surface area contributed by atoms with E-state index in [1.165, 1.54) is 6.20 Å². The predicted molar refractivity (Wildman–Crippen MR) is 64.9 cm³/mol. The van der Waals surface area contributed by atoms with E-state index in [1.54, 1.807) is 10.9 Å². The molecular weight excluding hydrogens is 228 g/mol. The second kappa shape index (κ2) is 4.34. The molecule has 0 saturated heterocycles. The third kappa shape index (κ3) is 1.84. The highest BCUT2D eigenvalue weighted by molar-refractivity contribution is 5.94. The fourth-order valence-corrected chi connectivity index (χ4v) is 1.80. The van der Waals surface area contributed by atoms with Gasteiger partial charge in [-0.15, -0.1) is 0 Å². The Hall–Kier alpha value is -2.61. The highest BCUT2D eigenvalue weighted by Crippen LogP contribution is 2.19. The molecule has 5 heteroatoms.